The molecule has 0 aromatic heterocycles. The highest BCUT2D eigenvalue weighted by molar-refractivity contribution is 5.75. The summed E-state index contributed by atoms with van der Waals surface area (Å²) >= 11 is 0. The fourth-order valence-corrected chi connectivity index (χ4v) is 1.83. The minimum absolute atomic E-state index is 0.250. The van der Waals surface area contributed by atoms with Gasteiger partial charge in [-0.15, -0.1) is 0 Å². The van der Waals surface area contributed by atoms with Gasteiger partial charge < -0.3 is 0 Å². The van der Waals surface area contributed by atoms with Gasteiger partial charge >= 0.3 is 6.18 Å². The summed E-state index contributed by atoms with van der Waals surface area (Å²) in [6.45, 7) is 3.48. The smallest absolute Gasteiger partial charge is 0.206 e. The molecule has 0 saturated heterocycles. The minimum atomic E-state index is -4.43. The molecule has 4 heteroatoms. The van der Waals surface area contributed by atoms with Gasteiger partial charge in [0, 0.05) is 5.56 Å². The average molecular weight is 266 g/mol. The number of alkyl halides is 3. The van der Waals surface area contributed by atoms with Crippen molar-refractivity contribution in [2.24, 2.45) is 0 Å². The van der Waals surface area contributed by atoms with Gasteiger partial charge in [-0.3, -0.25) is 0 Å². The van der Waals surface area contributed by atoms with Crippen molar-refractivity contribution in [1.29, 1.82) is 0 Å². The second-order valence-electron chi connectivity index (χ2n) is 3.98. The number of benzene rings is 2. The molecule has 0 nitrogen and oxygen atoms in total. The lowest BCUT2D eigenvalue weighted by Gasteiger charge is -2.12. The number of rotatable bonds is 2. The summed E-state index contributed by atoms with van der Waals surface area (Å²) in [6, 6.07) is 9.10. The van der Waals surface area contributed by atoms with Crippen LogP contribution in [0.2, 0.25) is 0 Å². The Morgan fingerprint density at radius 2 is 1.63 bits per heavy atom. The van der Waals surface area contributed by atoms with Crippen LogP contribution >= 0.6 is 0 Å². The van der Waals surface area contributed by atoms with Crippen LogP contribution in [0.15, 0.2) is 49.0 Å². The van der Waals surface area contributed by atoms with Gasteiger partial charge in [0.25, 0.3) is 0 Å². The Balaban J connectivity index is 2.60. The molecule has 0 fully saturated rings. The highest BCUT2D eigenvalue weighted by atomic mass is 19.4. The van der Waals surface area contributed by atoms with Crippen molar-refractivity contribution in [1.82, 2.24) is 0 Å². The quantitative estimate of drug-likeness (QED) is 0.659. The van der Waals surface area contributed by atoms with Crippen LogP contribution in [0.3, 0.4) is 0 Å². The second-order valence-corrected chi connectivity index (χ2v) is 3.98. The molecule has 0 aliphatic rings. The van der Waals surface area contributed by atoms with E-state index in [1.807, 2.05) is 0 Å². The highest BCUT2D eigenvalue weighted by Gasteiger charge is 2.30. The summed E-state index contributed by atoms with van der Waals surface area (Å²) in [5.41, 5.74) is 0.120. The van der Waals surface area contributed by atoms with Gasteiger partial charge in [0.15, 0.2) is 0 Å². The zero-order valence-corrected chi connectivity index (χ0v) is 9.84. The first-order valence-electron chi connectivity index (χ1n) is 5.52. The van der Waals surface area contributed by atoms with E-state index in [9.17, 15) is 17.6 Å². The third-order valence-corrected chi connectivity index (χ3v) is 2.76. The maximum absolute atomic E-state index is 13.7. The van der Waals surface area contributed by atoms with E-state index in [4.69, 9.17) is 0 Å². The van der Waals surface area contributed by atoms with Crippen LogP contribution in [0, 0.1) is 5.82 Å². The van der Waals surface area contributed by atoms with Crippen LogP contribution in [0.25, 0.3) is 17.2 Å². The average Bonchev–Trinajstić information content (AvgIpc) is 2.37. The molecule has 19 heavy (non-hydrogen) atoms. The van der Waals surface area contributed by atoms with Crippen molar-refractivity contribution >= 4 is 6.08 Å². The van der Waals surface area contributed by atoms with Crippen LogP contribution in [-0.2, 0) is 6.18 Å². The minimum Gasteiger partial charge on any atom is -0.206 e. The van der Waals surface area contributed by atoms with E-state index in [1.165, 1.54) is 30.3 Å². The van der Waals surface area contributed by atoms with Crippen molar-refractivity contribution in [3.8, 4) is 11.1 Å². The molecule has 2 rings (SSSR count). The van der Waals surface area contributed by atoms with Gasteiger partial charge in [0.2, 0.25) is 0 Å². The standard InChI is InChI=1S/C15H10F4/c1-2-10-9-11(15(17,18)19)7-8-12(10)13-5-3-4-6-14(13)16/h2-9H,1H2. The topological polar surface area (TPSA) is 0 Å². The van der Waals surface area contributed by atoms with Crippen molar-refractivity contribution in [3.63, 3.8) is 0 Å². The zero-order chi connectivity index (χ0) is 14.0. The molecule has 0 amide bonds. The number of hydrogen-bond donors (Lipinski definition) is 0. The Morgan fingerprint density at radius 3 is 2.21 bits per heavy atom. The molecule has 0 aliphatic heterocycles. The van der Waals surface area contributed by atoms with E-state index in [2.05, 4.69) is 6.58 Å². The second kappa shape index (κ2) is 4.88. The van der Waals surface area contributed by atoms with E-state index in [1.54, 1.807) is 6.07 Å². The first-order chi connectivity index (χ1) is 8.93. The summed E-state index contributed by atoms with van der Waals surface area (Å²) < 4.78 is 51.5. The van der Waals surface area contributed by atoms with Gasteiger partial charge in [0.1, 0.15) is 5.82 Å². The molecule has 0 heterocycles. The summed E-state index contributed by atoms with van der Waals surface area (Å²) in [7, 11) is 0. The molecule has 0 N–H and O–H groups in total. The monoisotopic (exact) mass is 266 g/mol. The molecule has 2 aromatic carbocycles. The van der Waals surface area contributed by atoms with Crippen LogP contribution < -0.4 is 0 Å². The molecule has 2 aromatic rings. The van der Waals surface area contributed by atoms with Gasteiger partial charge in [0.05, 0.1) is 5.56 Å². The molecule has 0 bridgehead atoms. The highest BCUT2D eigenvalue weighted by Crippen LogP contribution is 2.34. The van der Waals surface area contributed by atoms with Crippen molar-refractivity contribution in [3.05, 3.63) is 66.0 Å². The van der Waals surface area contributed by atoms with Crippen LogP contribution in [0.4, 0.5) is 17.6 Å². The molecule has 0 unspecified atom stereocenters. The third-order valence-electron chi connectivity index (χ3n) is 2.76. The lowest BCUT2D eigenvalue weighted by Crippen LogP contribution is -2.05. The maximum Gasteiger partial charge on any atom is 0.416 e. The van der Waals surface area contributed by atoms with Crippen LogP contribution in [0.5, 0.6) is 0 Å². The SMILES string of the molecule is C=Cc1cc(C(F)(F)F)ccc1-c1ccccc1F. The summed E-state index contributed by atoms with van der Waals surface area (Å²) in [5.74, 6) is -0.481. The van der Waals surface area contributed by atoms with Gasteiger partial charge in [-0.1, -0.05) is 36.9 Å². The van der Waals surface area contributed by atoms with Gasteiger partial charge in [-0.25, -0.2) is 4.39 Å². The van der Waals surface area contributed by atoms with E-state index >= 15 is 0 Å². The molecule has 0 saturated carbocycles. The fourth-order valence-electron chi connectivity index (χ4n) is 1.83. The fraction of sp³-hybridized carbons (Fsp3) is 0.0667. The number of hydrogen-bond acceptors (Lipinski definition) is 0. The molecular formula is C15H10F4. The first-order valence-corrected chi connectivity index (χ1v) is 5.52. The molecule has 0 atom stereocenters. The van der Waals surface area contributed by atoms with Crippen LogP contribution in [-0.4, -0.2) is 0 Å². The molecule has 0 aliphatic carbocycles. The largest absolute Gasteiger partial charge is 0.416 e. The van der Waals surface area contributed by atoms with Gasteiger partial charge in [-0.2, -0.15) is 13.2 Å². The summed E-state index contributed by atoms with van der Waals surface area (Å²) in [6.07, 6.45) is -3.14. The summed E-state index contributed by atoms with van der Waals surface area (Å²) in [5, 5.41) is 0. The van der Waals surface area contributed by atoms with Crippen LogP contribution in [0.1, 0.15) is 11.1 Å². The Kier molecular flexibility index (Phi) is 3.42. The van der Waals surface area contributed by atoms with Crippen molar-refractivity contribution in [2.75, 3.05) is 0 Å². The van der Waals surface area contributed by atoms with E-state index in [0.717, 1.165) is 12.1 Å². The molecule has 0 radical (unpaired) electrons. The third kappa shape index (κ3) is 2.67. The summed E-state index contributed by atoms with van der Waals surface area (Å²) in [4.78, 5) is 0. The lowest BCUT2D eigenvalue weighted by molar-refractivity contribution is -0.137. The molecular weight excluding hydrogens is 256 g/mol. The van der Waals surface area contributed by atoms with Crippen molar-refractivity contribution in [2.45, 2.75) is 6.18 Å². The predicted octanol–water partition coefficient (Wildman–Crippen LogP) is 5.15. The molecule has 98 valence electrons. The maximum atomic E-state index is 13.7. The predicted molar refractivity (Wildman–Crippen MR) is 66.9 cm³/mol. The van der Waals surface area contributed by atoms with Crippen molar-refractivity contribution < 1.29 is 17.6 Å². The zero-order valence-electron chi connectivity index (χ0n) is 9.84. The Morgan fingerprint density at radius 1 is 0.947 bits per heavy atom. The van der Waals surface area contributed by atoms with E-state index < -0.39 is 17.6 Å². The van der Waals surface area contributed by atoms with Gasteiger partial charge in [-0.05, 0) is 29.3 Å². The number of halogens is 4. The Bertz CT molecular complexity index is 612. The normalized spacial score (nSPS) is 11.4. The van der Waals surface area contributed by atoms with E-state index in [-0.39, 0.29) is 11.1 Å². The Labute approximate surface area is 108 Å². The lowest BCUT2D eigenvalue weighted by atomic mass is 9.97. The first kappa shape index (κ1) is 13.3. The Hall–Kier alpha value is -2.10. The molecule has 0 spiro atoms. The van der Waals surface area contributed by atoms with E-state index in [0.29, 0.717) is 5.56 Å².